The Balaban J connectivity index is 1.50. The van der Waals surface area contributed by atoms with Gasteiger partial charge in [-0.1, -0.05) is 6.07 Å². The average Bonchev–Trinajstić information content (AvgIpc) is 2.95. The second kappa shape index (κ2) is 12.5. The quantitative estimate of drug-likeness (QED) is 0.0904. The van der Waals surface area contributed by atoms with Crippen molar-refractivity contribution in [2.45, 2.75) is 43.5 Å². The standard InChI is InChI=1S/C28H28O15/c29-13-8-17(33)22(15(31)4-2-11-1-3-14(30)16(32)5-11)20(9-13)42-28-26(39)25(38)24(37)21(43-28)10-41-27(40)12-6-18(34)23(36)19(35)7-12/h1,3,5-9,21,24-26,28-30,32-39H,2,4,10H2/t21-,24-,25+,26-,28-/m1/s1. The van der Waals surface area contributed by atoms with E-state index in [-0.39, 0.29) is 24.2 Å². The van der Waals surface area contributed by atoms with Gasteiger partial charge in [-0.3, -0.25) is 4.79 Å². The smallest absolute Gasteiger partial charge is 0.338 e. The topological polar surface area (TPSA) is 264 Å². The van der Waals surface area contributed by atoms with Gasteiger partial charge < -0.3 is 65.3 Å². The Labute approximate surface area is 242 Å². The van der Waals surface area contributed by atoms with Gasteiger partial charge in [0.1, 0.15) is 53.8 Å². The maximum Gasteiger partial charge on any atom is 0.338 e. The van der Waals surface area contributed by atoms with Gasteiger partial charge in [-0.05, 0) is 36.2 Å². The first-order chi connectivity index (χ1) is 20.3. The molecule has 0 unspecified atom stereocenters. The Morgan fingerprint density at radius 1 is 0.744 bits per heavy atom. The van der Waals surface area contributed by atoms with Gasteiger partial charge in [0.2, 0.25) is 6.29 Å². The summed E-state index contributed by atoms with van der Waals surface area (Å²) in [4.78, 5) is 25.5. The molecular formula is C28H28O15. The minimum atomic E-state index is -1.93. The number of carbonyl (C=O) groups is 2. The van der Waals surface area contributed by atoms with E-state index in [9.17, 15) is 60.7 Å². The zero-order chi connectivity index (χ0) is 31.6. The van der Waals surface area contributed by atoms with Crippen LogP contribution >= 0.6 is 0 Å². The summed E-state index contributed by atoms with van der Waals surface area (Å²) < 4.78 is 16.1. The fraction of sp³-hybridized carbons (Fsp3) is 0.286. The number of aryl methyl sites for hydroxylation is 1. The number of ether oxygens (including phenoxy) is 3. The lowest BCUT2D eigenvalue weighted by Gasteiger charge is -2.40. The Bertz CT molecular complexity index is 1500. The molecule has 43 heavy (non-hydrogen) atoms. The minimum Gasteiger partial charge on any atom is -0.508 e. The second-order valence-electron chi connectivity index (χ2n) is 9.68. The third kappa shape index (κ3) is 6.76. The monoisotopic (exact) mass is 604 g/mol. The van der Waals surface area contributed by atoms with Crippen molar-refractivity contribution < 1.29 is 74.9 Å². The van der Waals surface area contributed by atoms with Gasteiger partial charge in [0.25, 0.3) is 0 Å². The van der Waals surface area contributed by atoms with Crippen LogP contribution in [0.4, 0.5) is 0 Å². The number of aliphatic hydroxyl groups excluding tert-OH is 3. The molecule has 0 saturated carbocycles. The summed E-state index contributed by atoms with van der Waals surface area (Å²) in [5, 5.41) is 99.5. The zero-order valence-electron chi connectivity index (χ0n) is 22.1. The summed E-state index contributed by atoms with van der Waals surface area (Å²) in [6.45, 7) is -0.747. The van der Waals surface area contributed by atoms with E-state index in [1.165, 1.54) is 18.2 Å². The number of aliphatic hydroxyl groups is 3. The van der Waals surface area contributed by atoms with Gasteiger partial charge in [0, 0.05) is 18.6 Å². The lowest BCUT2D eigenvalue weighted by atomic mass is 9.98. The third-order valence-electron chi connectivity index (χ3n) is 6.62. The molecule has 0 radical (unpaired) electrons. The van der Waals surface area contributed by atoms with Gasteiger partial charge in [-0.2, -0.15) is 0 Å². The van der Waals surface area contributed by atoms with Crippen LogP contribution in [0.15, 0.2) is 42.5 Å². The summed E-state index contributed by atoms with van der Waals surface area (Å²) in [5.74, 6) is -6.76. The Hall–Kier alpha value is -4.96. The van der Waals surface area contributed by atoms with E-state index >= 15 is 0 Å². The van der Waals surface area contributed by atoms with Crippen LogP contribution in [0.5, 0.6) is 46.0 Å². The molecule has 0 amide bonds. The van der Waals surface area contributed by atoms with E-state index in [1.807, 2.05) is 0 Å². The van der Waals surface area contributed by atoms with E-state index in [2.05, 4.69) is 0 Å². The van der Waals surface area contributed by atoms with Gasteiger partial charge >= 0.3 is 5.97 Å². The molecule has 0 aromatic heterocycles. The van der Waals surface area contributed by atoms with Crippen LogP contribution in [-0.4, -0.2) is 100 Å². The first-order valence-corrected chi connectivity index (χ1v) is 12.6. The lowest BCUT2D eigenvalue weighted by Crippen LogP contribution is -2.60. The minimum absolute atomic E-state index is 0.0594. The first-order valence-electron chi connectivity index (χ1n) is 12.6. The molecule has 3 aromatic carbocycles. The van der Waals surface area contributed by atoms with E-state index in [0.717, 1.165) is 24.3 Å². The van der Waals surface area contributed by atoms with Crippen molar-refractivity contribution in [3.8, 4) is 46.0 Å². The highest BCUT2D eigenvalue weighted by Crippen LogP contribution is 2.37. The molecule has 0 spiro atoms. The number of benzene rings is 3. The number of aromatic hydroxyl groups is 7. The number of phenolic OH excluding ortho intramolecular Hbond substituents is 7. The summed E-state index contributed by atoms with van der Waals surface area (Å²) in [7, 11) is 0. The highest BCUT2D eigenvalue weighted by molar-refractivity contribution is 6.01. The molecule has 1 fully saturated rings. The number of rotatable bonds is 9. The third-order valence-corrected chi connectivity index (χ3v) is 6.62. The van der Waals surface area contributed by atoms with Crippen molar-refractivity contribution in [1.82, 2.24) is 0 Å². The van der Waals surface area contributed by atoms with Gasteiger partial charge in [0.15, 0.2) is 34.5 Å². The Morgan fingerprint density at radius 2 is 1.42 bits per heavy atom. The van der Waals surface area contributed by atoms with Crippen molar-refractivity contribution in [3.05, 3.63) is 59.2 Å². The molecule has 15 heteroatoms. The Kier molecular flexibility index (Phi) is 9.01. The number of esters is 1. The maximum absolute atomic E-state index is 13.1. The molecule has 15 nitrogen and oxygen atoms in total. The molecule has 0 aliphatic carbocycles. The van der Waals surface area contributed by atoms with Gasteiger partial charge in [0.05, 0.1) is 5.56 Å². The first kappa shape index (κ1) is 31.0. The average molecular weight is 605 g/mol. The number of carbonyl (C=O) groups excluding carboxylic acids is 2. The van der Waals surface area contributed by atoms with Crippen molar-refractivity contribution in [1.29, 1.82) is 0 Å². The largest absolute Gasteiger partial charge is 0.508 e. The number of hydrogen-bond donors (Lipinski definition) is 10. The van der Waals surface area contributed by atoms with Crippen LogP contribution in [0, 0.1) is 0 Å². The van der Waals surface area contributed by atoms with E-state index in [4.69, 9.17) is 14.2 Å². The molecule has 1 heterocycles. The highest BCUT2D eigenvalue weighted by atomic mass is 16.7. The fourth-order valence-electron chi connectivity index (χ4n) is 4.31. The van der Waals surface area contributed by atoms with Crippen molar-refractivity contribution >= 4 is 11.8 Å². The highest BCUT2D eigenvalue weighted by Gasteiger charge is 2.46. The van der Waals surface area contributed by atoms with Crippen LogP contribution in [0.3, 0.4) is 0 Å². The van der Waals surface area contributed by atoms with Crippen molar-refractivity contribution in [2.24, 2.45) is 0 Å². The fourth-order valence-corrected chi connectivity index (χ4v) is 4.31. The number of Topliss-reactive ketones (excluding diaryl/α,β-unsaturated/α-hetero) is 1. The van der Waals surface area contributed by atoms with Crippen LogP contribution in [0.25, 0.3) is 0 Å². The molecule has 4 rings (SSSR count). The number of phenols is 7. The molecule has 1 aliphatic rings. The van der Waals surface area contributed by atoms with Crippen molar-refractivity contribution in [3.63, 3.8) is 0 Å². The molecule has 0 bridgehead atoms. The molecule has 3 aromatic rings. The van der Waals surface area contributed by atoms with Crippen molar-refractivity contribution in [2.75, 3.05) is 6.61 Å². The van der Waals surface area contributed by atoms with E-state index in [0.29, 0.717) is 5.56 Å². The van der Waals surface area contributed by atoms with Gasteiger partial charge in [-0.25, -0.2) is 4.79 Å². The molecule has 1 aliphatic heterocycles. The second-order valence-corrected chi connectivity index (χ2v) is 9.68. The summed E-state index contributed by atoms with van der Waals surface area (Å²) in [6, 6.07) is 7.35. The molecule has 1 saturated heterocycles. The molecule has 5 atom stereocenters. The SMILES string of the molecule is O=C(OC[C@H]1O[C@@H](Oc2cc(O)cc(O)c2C(=O)CCc2ccc(O)c(O)c2)[C@H](O)[C@@H](O)[C@@H]1O)c1cc(O)c(O)c(O)c1. The predicted octanol–water partition coefficient (Wildman–Crippen LogP) is 0.485. The Morgan fingerprint density at radius 3 is 2.07 bits per heavy atom. The predicted molar refractivity (Wildman–Crippen MR) is 141 cm³/mol. The summed E-state index contributed by atoms with van der Waals surface area (Å²) >= 11 is 0. The summed E-state index contributed by atoms with van der Waals surface area (Å²) in [5.41, 5.74) is -0.331. The zero-order valence-corrected chi connectivity index (χ0v) is 22.1. The summed E-state index contributed by atoms with van der Waals surface area (Å²) in [6.07, 6.45) is -9.20. The van der Waals surface area contributed by atoms with Gasteiger partial charge in [-0.15, -0.1) is 0 Å². The number of ketones is 1. The molecule has 10 N–H and O–H groups in total. The number of hydrogen-bond acceptors (Lipinski definition) is 15. The maximum atomic E-state index is 13.1. The lowest BCUT2D eigenvalue weighted by molar-refractivity contribution is -0.277. The molecule has 230 valence electrons. The van der Waals surface area contributed by atoms with E-state index in [1.54, 1.807) is 0 Å². The normalized spacial score (nSPS) is 21.7. The van der Waals surface area contributed by atoms with Crippen LogP contribution < -0.4 is 4.74 Å². The molecular weight excluding hydrogens is 576 g/mol. The van der Waals surface area contributed by atoms with Crippen LogP contribution in [0.1, 0.15) is 32.7 Å². The van der Waals surface area contributed by atoms with E-state index < -0.39 is 94.9 Å². The van der Waals surface area contributed by atoms with Crippen LogP contribution in [-0.2, 0) is 15.9 Å². The van der Waals surface area contributed by atoms with Crippen LogP contribution in [0.2, 0.25) is 0 Å².